The fourth-order valence-corrected chi connectivity index (χ4v) is 2.11. The maximum absolute atomic E-state index is 11.7. The first-order valence-electron chi connectivity index (χ1n) is 6.24. The smallest absolute Gasteiger partial charge is 0.334 e. The maximum atomic E-state index is 11.7. The van der Waals surface area contributed by atoms with Crippen LogP contribution in [0.2, 0.25) is 0 Å². The fourth-order valence-electron chi connectivity index (χ4n) is 2.11. The van der Waals surface area contributed by atoms with Crippen molar-refractivity contribution in [3.63, 3.8) is 0 Å². The van der Waals surface area contributed by atoms with Gasteiger partial charge in [-0.3, -0.25) is 4.79 Å². The molecule has 1 unspecified atom stereocenters. The average Bonchev–Trinajstić information content (AvgIpc) is 3.01. The van der Waals surface area contributed by atoms with E-state index in [2.05, 4.69) is 0 Å². The van der Waals surface area contributed by atoms with Gasteiger partial charge >= 0.3 is 11.9 Å². The summed E-state index contributed by atoms with van der Waals surface area (Å²) < 4.78 is 9.96. The van der Waals surface area contributed by atoms with E-state index in [0.717, 1.165) is 16.7 Å². The second-order valence-electron chi connectivity index (χ2n) is 4.39. The number of rotatable bonds is 4. The van der Waals surface area contributed by atoms with Crippen LogP contribution in [0.1, 0.15) is 26.3 Å². The molecule has 0 amide bonds. The number of allylic oxidation sites excluding steroid dienone is 1. The van der Waals surface area contributed by atoms with Gasteiger partial charge in [0.2, 0.25) is 0 Å². The lowest BCUT2D eigenvalue weighted by Crippen LogP contribution is -2.02. The highest BCUT2D eigenvalue weighted by Gasteiger charge is 2.39. The van der Waals surface area contributed by atoms with Gasteiger partial charge in [-0.15, -0.1) is 0 Å². The summed E-state index contributed by atoms with van der Waals surface area (Å²) in [4.78, 5) is 22.5. The van der Waals surface area contributed by atoms with Gasteiger partial charge in [0.1, 0.15) is 5.75 Å². The molecule has 4 heteroatoms. The van der Waals surface area contributed by atoms with E-state index in [1.807, 2.05) is 19.1 Å². The normalized spacial score (nSPS) is 17.1. The highest BCUT2D eigenvalue weighted by atomic mass is 16.5. The SMILES string of the molecule is CCOC(=O)C1=C(c2ccc(OC(C)=O)cc2)C1C. The van der Waals surface area contributed by atoms with Crippen LogP contribution in [0.25, 0.3) is 5.57 Å². The molecule has 0 radical (unpaired) electrons. The van der Waals surface area contributed by atoms with Crippen molar-refractivity contribution in [2.24, 2.45) is 5.92 Å². The summed E-state index contributed by atoms with van der Waals surface area (Å²) >= 11 is 0. The summed E-state index contributed by atoms with van der Waals surface area (Å²) in [7, 11) is 0. The molecular formula is C15H16O4. The second-order valence-corrected chi connectivity index (χ2v) is 4.39. The highest BCUT2D eigenvalue weighted by molar-refractivity contribution is 6.09. The molecule has 0 saturated heterocycles. The van der Waals surface area contributed by atoms with Crippen molar-refractivity contribution in [3.05, 3.63) is 35.4 Å². The number of benzene rings is 1. The lowest BCUT2D eigenvalue weighted by atomic mass is 10.1. The minimum Gasteiger partial charge on any atom is -0.463 e. The Kier molecular flexibility index (Phi) is 3.69. The first-order chi connectivity index (χ1) is 9.04. The van der Waals surface area contributed by atoms with E-state index >= 15 is 0 Å². The Morgan fingerprint density at radius 2 is 1.84 bits per heavy atom. The molecular weight excluding hydrogens is 244 g/mol. The van der Waals surface area contributed by atoms with E-state index in [0.29, 0.717) is 12.4 Å². The Bertz CT molecular complexity index is 540. The third-order valence-corrected chi connectivity index (χ3v) is 3.00. The molecule has 0 saturated carbocycles. The van der Waals surface area contributed by atoms with E-state index in [-0.39, 0.29) is 17.9 Å². The van der Waals surface area contributed by atoms with Gasteiger partial charge < -0.3 is 9.47 Å². The van der Waals surface area contributed by atoms with Gasteiger partial charge in [0.25, 0.3) is 0 Å². The second kappa shape index (κ2) is 5.26. The fraction of sp³-hybridized carbons (Fsp3) is 0.333. The predicted octanol–water partition coefficient (Wildman–Crippen LogP) is 2.58. The van der Waals surface area contributed by atoms with Crippen LogP contribution in [-0.2, 0) is 14.3 Å². The molecule has 0 bridgehead atoms. The Morgan fingerprint density at radius 1 is 1.21 bits per heavy atom. The summed E-state index contributed by atoms with van der Waals surface area (Å²) in [5.74, 6) is 0.0505. The van der Waals surface area contributed by atoms with Crippen LogP contribution < -0.4 is 4.74 Å². The summed E-state index contributed by atoms with van der Waals surface area (Å²) in [5, 5.41) is 0. The van der Waals surface area contributed by atoms with Crippen molar-refractivity contribution in [1.82, 2.24) is 0 Å². The van der Waals surface area contributed by atoms with Gasteiger partial charge in [0, 0.05) is 18.4 Å². The van der Waals surface area contributed by atoms with E-state index in [4.69, 9.17) is 9.47 Å². The Morgan fingerprint density at radius 3 is 2.37 bits per heavy atom. The van der Waals surface area contributed by atoms with Crippen LogP contribution >= 0.6 is 0 Å². The maximum Gasteiger partial charge on any atom is 0.334 e. The lowest BCUT2D eigenvalue weighted by Gasteiger charge is -2.01. The van der Waals surface area contributed by atoms with Crippen molar-refractivity contribution >= 4 is 17.5 Å². The molecule has 1 aliphatic rings. The number of carbonyl (C=O) groups is 2. The van der Waals surface area contributed by atoms with Gasteiger partial charge in [-0.2, -0.15) is 0 Å². The average molecular weight is 260 g/mol. The van der Waals surface area contributed by atoms with Crippen LogP contribution in [0.4, 0.5) is 0 Å². The minimum atomic E-state index is -0.348. The van der Waals surface area contributed by atoms with E-state index in [1.54, 1.807) is 19.1 Å². The number of hydrogen-bond acceptors (Lipinski definition) is 4. The molecule has 0 aromatic heterocycles. The molecule has 19 heavy (non-hydrogen) atoms. The highest BCUT2D eigenvalue weighted by Crippen LogP contribution is 2.47. The zero-order valence-corrected chi connectivity index (χ0v) is 11.2. The molecule has 0 spiro atoms. The monoisotopic (exact) mass is 260 g/mol. The number of ether oxygens (including phenoxy) is 2. The third kappa shape index (κ3) is 2.84. The van der Waals surface area contributed by atoms with Gasteiger partial charge in [0.15, 0.2) is 0 Å². The molecule has 100 valence electrons. The number of carbonyl (C=O) groups excluding carboxylic acids is 2. The van der Waals surface area contributed by atoms with Crippen LogP contribution in [0, 0.1) is 5.92 Å². The third-order valence-electron chi connectivity index (χ3n) is 3.00. The first-order valence-corrected chi connectivity index (χ1v) is 6.24. The summed E-state index contributed by atoms with van der Waals surface area (Å²) in [6, 6.07) is 7.13. The van der Waals surface area contributed by atoms with Crippen molar-refractivity contribution in [2.75, 3.05) is 6.61 Å². The topological polar surface area (TPSA) is 52.6 Å². The molecule has 4 nitrogen and oxygen atoms in total. The zero-order valence-electron chi connectivity index (χ0n) is 11.2. The molecule has 1 aromatic rings. The van der Waals surface area contributed by atoms with E-state index < -0.39 is 0 Å². The van der Waals surface area contributed by atoms with Crippen LogP contribution in [0.15, 0.2) is 29.8 Å². The Labute approximate surface area is 112 Å². The quantitative estimate of drug-likeness (QED) is 0.616. The van der Waals surface area contributed by atoms with Crippen LogP contribution in [0.3, 0.4) is 0 Å². The molecule has 0 N–H and O–H groups in total. The molecule has 1 aromatic carbocycles. The van der Waals surface area contributed by atoms with Crippen molar-refractivity contribution in [1.29, 1.82) is 0 Å². The Hall–Kier alpha value is -2.10. The molecule has 0 fully saturated rings. The summed E-state index contributed by atoms with van der Waals surface area (Å²) in [6.07, 6.45) is 0. The van der Waals surface area contributed by atoms with Crippen molar-refractivity contribution in [2.45, 2.75) is 20.8 Å². The summed E-state index contributed by atoms with van der Waals surface area (Å²) in [5.41, 5.74) is 2.71. The first kappa shape index (κ1) is 13.3. The van der Waals surface area contributed by atoms with Crippen LogP contribution in [-0.4, -0.2) is 18.5 Å². The van der Waals surface area contributed by atoms with Gasteiger partial charge in [-0.05, 0) is 30.2 Å². The molecule has 2 rings (SSSR count). The largest absolute Gasteiger partial charge is 0.463 e. The standard InChI is InChI=1S/C15H16O4/c1-4-18-15(17)14-9(2)13(14)11-5-7-12(8-6-11)19-10(3)16/h5-9H,4H2,1-3H3. The van der Waals surface area contributed by atoms with Gasteiger partial charge in [-0.25, -0.2) is 4.79 Å². The number of hydrogen-bond donors (Lipinski definition) is 0. The minimum absolute atomic E-state index is 0.138. The van der Waals surface area contributed by atoms with E-state index in [9.17, 15) is 9.59 Å². The van der Waals surface area contributed by atoms with Crippen molar-refractivity contribution < 1.29 is 19.1 Å². The van der Waals surface area contributed by atoms with Gasteiger partial charge in [0.05, 0.1) is 6.61 Å². The predicted molar refractivity (Wildman–Crippen MR) is 70.5 cm³/mol. The Balaban J connectivity index is 2.15. The van der Waals surface area contributed by atoms with Crippen LogP contribution in [0.5, 0.6) is 5.75 Å². The molecule has 0 heterocycles. The zero-order chi connectivity index (χ0) is 14.0. The lowest BCUT2D eigenvalue weighted by molar-refractivity contribution is -0.138. The summed E-state index contributed by atoms with van der Waals surface area (Å²) in [6.45, 7) is 5.51. The van der Waals surface area contributed by atoms with Gasteiger partial charge in [-0.1, -0.05) is 19.1 Å². The molecule has 0 aliphatic heterocycles. The molecule has 1 atom stereocenters. The van der Waals surface area contributed by atoms with Crippen molar-refractivity contribution in [3.8, 4) is 5.75 Å². The van der Waals surface area contributed by atoms with E-state index in [1.165, 1.54) is 6.92 Å². The number of esters is 2. The molecule has 1 aliphatic carbocycles.